The second kappa shape index (κ2) is 9.79. The van der Waals surface area contributed by atoms with Gasteiger partial charge in [-0.25, -0.2) is 5.43 Å². The number of carbonyl (C=O) groups is 2. The van der Waals surface area contributed by atoms with Crippen LogP contribution in [0.3, 0.4) is 0 Å². The molecule has 0 saturated heterocycles. The third kappa shape index (κ3) is 6.74. The zero-order valence-corrected chi connectivity index (χ0v) is 15.5. The molecule has 2 aromatic carbocycles. The maximum absolute atomic E-state index is 11.7. The number of rotatable bonds is 7. The maximum Gasteiger partial charge on any atom is 0.259 e. The largest absolute Gasteiger partial charge is 0.482 e. The summed E-state index contributed by atoms with van der Waals surface area (Å²) in [5, 5.41) is 7.01. The molecule has 0 saturated carbocycles. The molecule has 0 spiro atoms. The van der Waals surface area contributed by atoms with Crippen LogP contribution in [0, 0.1) is 6.92 Å². The van der Waals surface area contributed by atoms with E-state index in [2.05, 4.69) is 15.8 Å². The maximum atomic E-state index is 11.7. The fourth-order valence-corrected chi connectivity index (χ4v) is 2.30. The summed E-state index contributed by atoms with van der Waals surface area (Å²) in [6.45, 7) is 1.49. The van der Waals surface area contributed by atoms with Crippen LogP contribution in [0.5, 0.6) is 5.75 Å². The zero-order valence-electron chi connectivity index (χ0n) is 14.0. The number of aryl methyl sites for hydroxylation is 1. The molecule has 0 aliphatic carbocycles. The molecule has 0 aromatic heterocycles. The van der Waals surface area contributed by atoms with Gasteiger partial charge in [0.15, 0.2) is 6.61 Å². The van der Waals surface area contributed by atoms with E-state index in [1.807, 2.05) is 31.2 Å². The van der Waals surface area contributed by atoms with Crippen molar-refractivity contribution >= 4 is 41.2 Å². The highest BCUT2D eigenvalue weighted by atomic mass is 35.5. The molecule has 2 aromatic rings. The van der Waals surface area contributed by atoms with Gasteiger partial charge in [-0.3, -0.25) is 9.59 Å². The lowest BCUT2D eigenvalue weighted by Crippen LogP contribution is -2.37. The standard InChI is InChI=1S/C18H17Cl2N3O3/c1-12-2-4-13(5-3-12)9-22-23-17(24)10-21-18(25)11-26-16-7-6-14(19)8-15(16)20/h2-9H,10-11H2,1H3,(H,21,25)(H,23,24)/b22-9+. The molecule has 2 N–H and O–H groups in total. The van der Waals surface area contributed by atoms with Gasteiger partial charge in [0.05, 0.1) is 17.8 Å². The molecule has 26 heavy (non-hydrogen) atoms. The van der Waals surface area contributed by atoms with Gasteiger partial charge in [-0.1, -0.05) is 53.0 Å². The molecule has 0 fully saturated rings. The molecule has 2 rings (SSSR count). The number of carbonyl (C=O) groups excluding carboxylic acids is 2. The third-order valence-electron chi connectivity index (χ3n) is 3.18. The van der Waals surface area contributed by atoms with Gasteiger partial charge < -0.3 is 10.1 Å². The van der Waals surface area contributed by atoms with Crippen molar-refractivity contribution in [3.8, 4) is 5.75 Å². The van der Waals surface area contributed by atoms with Crippen molar-refractivity contribution in [2.75, 3.05) is 13.2 Å². The summed E-state index contributed by atoms with van der Waals surface area (Å²) in [4.78, 5) is 23.3. The van der Waals surface area contributed by atoms with E-state index < -0.39 is 11.8 Å². The van der Waals surface area contributed by atoms with E-state index >= 15 is 0 Å². The topological polar surface area (TPSA) is 79.8 Å². The van der Waals surface area contributed by atoms with Gasteiger partial charge in [0.25, 0.3) is 11.8 Å². The van der Waals surface area contributed by atoms with Crippen molar-refractivity contribution in [3.05, 3.63) is 63.6 Å². The predicted octanol–water partition coefficient (Wildman–Crippen LogP) is 2.95. The number of hydrogen-bond donors (Lipinski definition) is 2. The summed E-state index contributed by atoms with van der Waals surface area (Å²) < 4.78 is 5.27. The number of nitrogens with zero attached hydrogens (tertiary/aromatic N) is 1. The molecular weight excluding hydrogens is 377 g/mol. The lowest BCUT2D eigenvalue weighted by atomic mass is 10.2. The van der Waals surface area contributed by atoms with Crippen molar-refractivity contribution < 1.29 is 14.3 Å². The van der Waals surface area contributed by atoms with Crippen LogP contribution in [0.15, 0.2) is 47.6 Å². The first-order valence-corrected chi connectivity index (χ1v) is 8.43. The Bertz CT molecular complexity index is 808. The summed E-state index contributed by atoms with van der Waals surface area (Å²) in [6.07, 6.45) is 1.52. The van der Waals surface area contributed by atoms with E-state index in [-0.39, 0.29) is 13.2 Å². The second-order valence-electron chi connectivity index (χ2n) is 5.34. The van der Waals surface area contributed by atoms with Crippen molar-refractivity contribution in [2.24, 2.45) is 5.10 Å². The van der Waals surface area contributed by atoms with E-state index in [0.29, 0.717) is 15.8 Å². The molecule has 0 unspecified atom stereocenters. The van der Waals surface area contributed by atoms with Crippen LogP contribution in [0.1, 0.15) is 11.1 Å². The van der Waals surface area contributed by atoms with Crippen LogP contribution in [0.4, 0.5) is 0 Å². The summed E-state index contributed by atoms with van der Waals surface area (Å²) in [7, 11) is 0. The number of nitrogens with one attached hydrogen (secondary N) is 2. The van der Waals surface area contributed by atoms with Crippen LogP contribution in [0.25, 0.3) is 0 Å². The van der Waals surface area contributed by atoms with Gasteiger partial charge in [-0.05, 0) is 30.7 Å². The fourth-order valence-electron chi connectivity index (χ4n) is 1.84. The molecule has 2 amide bonds. The van der Waals surface area contributed by atoms with Crippen LogP contribution < -0.4 is 15.5 Å². The van der Waals surface area contributed by atoms with Crippen molar-refractivity contribution in [1.29, 1.82) is 0 Å². The Morgan fingerprint density at radius 1 is 1.12 bits per heavy atom. The Balaban J connectivity index is 1.69. The van der Waals surface area contributed by atoms with Crippen molar-refractivity contribution in [1.82, 2.24) is 10.7 Å². The van der Waals surface area contributed by atoms with Crippen LogP contribution >= 0.6 is 23.2 Å². The van der Waals surface area contributed by atoms with Gasteiger partial charge in [0.2, 0.25) is 0 Å². The lowest BCUT2D eigenvalue weighted by molar-refractivity contribution is -0.127. The van der Waals surface area contributed by atoms with Crippen molar-refractivity contribution in [3.63, 3.8) is 0 Å². The minimum absolute atomic E-state index is 0.220. The first-order valence-electron chi connectivity index (χ1n) is 7.67. The number of halogens is 2. The molecule has 0 atom stereocenters. The second-order valence-corrected chi connectivity index (χ2v) is 6.19. The Hall–Kier alpha value is -2.57. The van der Waals surface area contributed by atoms with Crippen LogP contribution in [-0.4, -0.2) is 31.2 Å². The Labute approximate surface area is 161 Å². The number of hydrogen-bond acceptors (Lipinski definition) is 4. The minimum Gasteiger partial charge on any atom is -0.482 e. The molecule has 0 aliphatic heterocycles. The fraction of sp³-hybridized carbons (Fsp3) is 0.167. The van der Waals surface area contributed by atoms with E-state index in [9.17, 15) is 9.59 Å². The Morgan fingerprint density at radius 3 is 2.54 bits per heavy atom. The van der Waals surface area contributed by atoms with Crippen molar-refractivity contribution in [2.45, 2.75) is 6.92 Å². The minimum atomic E-state index is -0.464. The normalized spacial score (nSPS) is 10.6. The first-order chi connectivity index (χ1) is 12.4. The number of benzene rings is 2. The monoisotopic (exact) mass is 393 g/mol. The summed E-state index contributed by atoms with van der Waals surface area (Å²) in [6, 6.07) is 12.3. The highest BCUT2D eigenvalue weighted by Gasteiger charge is 2.08. The zero-order chi connectivity index (χ0) is 18.9. The first kappa shape index (κ1) is 19.8. The van der Waals surface area contributed by atoms with E-state index in [4.69, 9.17) is 27.9 Å². The summed E-state index contributed by atoms with van der Waals surface area (Å²) >= 11 is 11.7. The number of ether oxygens (including phenoxy) is 1. The van der Waals surface area contributed by atoms with E-state index in [1.54, 1.807) is 12.1 Å². The Kier molecular flexibility index (Phi) is 7.44. The quantitative estimate of drug-likeness (QED) is 0.560. The summed E-state index contributed by atoms with van der Waals surface area (Å²) in [5.41, 5.74) is 4.32. The highest BCUT2D eigenvalue weighted by molar-refractivity contribution is 6.35. The van der Waals surface area contributed by atoms with E-state index in [1.165, 1.54) is 12.3 Å². The smallest absolute Gasteiger partial charge is 0.259 e. The number of amides is 2. The number of hydrazone groups is 1. The van der Waals surface area contributed by atoms with Gasteiger partial charge in [0.1, 0.15) is 5.75 Å². The molecule has 8 heteroatoms. The van der Waals surface area contributed by atoms with Crippen LogP contribution in [-0.2, 0) is 9.59 Å². The average Bonchev–Trinajstić information content (AvgIpc) is 2.61. The SMILES string of the molecule is Cc1ccc(/C=N/NC(=O)CNC(=O)COc2ccc(Cl)cc2Cl)cc1. The molecule has 0 radical (unpaired) electrons. The third-order valence-corrected chi connectivity index (χ3v) is 3.71. The molecule has 6 nitrogen and oxygen atoms in total. The van der Waals surface area contributed by atoms with Gasteiger partial charge in [-0.15, -0.1) is 0 Å². The molecule has 0 bridgehead atoms. The summed E-state index contributed by atoms with van der Waals surface area (Å²) in [5.74, 6) is -0.585. The molecule has 136 valence electrons. The molecular formula is C18H17Cl2N3O3. The molecule has 0 aliphatic rings. The van der Waals surface area contributed by atoms with Gasteiger partial charge >= 0.3 is 0 Å². The highest BCUT2D eigenvalue weighted by Crippen LogP contribution is 2.27. The lowest BCUT2D eigenvalue weighted by Gasteiger charge is -2.08. The Morgan fingerprint density at radius 2 is 1.85 bits per heavy atom. The molecule has 0 heterocycles. The predicted molar refractivity (Wildman–Crippen MR) is 102 cm³/mol. The van der Waals surface area contributed by atoms with Gasteiger partial charge in [0, 0.05) is 5.02 Å². The van der Waals surface area contributed by atoms with E-state index in [0.717, 1.165) is 11.1 Å². The van der Waals surface area contributed by atoms with Gasteiger partial charge in [-0.2, -0.15) is 5.10 Å². The van der Waals surface area contributed by atoms with Crippen LogP contribution in [0.2, 0.25) is 10.0 Å². The average molecular weight is 394 g/mol.